The third-order valence-corrected chi connectivity index (χ3v) is 3.45. The lowest BCUT2D eigenvalue weighted by atomic mass is 10.4. The molecule has 0 amide bonds. The molecule has 0 atom stereocenters. The van der Waals surface area contributed by atoms with Gasteiger partial charge in [-0.15, -0.1) is 20.4 Å². The van der Waals surface area contributed by atoms with E-state index in [4.69, 9.17) is 10.3 Å². The number of hydrogen-bond donors (Lipinski definition) is 1. The Morgan fingerprint density at radius 3 is 2.82 bits per heavy atom. The Morgan fingerprint density at radius 2 is 2.18 bits per heavy atom. The molecule has 0 bridgehead atoms. The Morgan fingerprint density at radius 1 is 1.35 bits per heavy atom. The summed E-state index contributed by atoms with van der Waals surface area (Å²) in [6.07, 6.45) is 2.31. The molecule has 1 fully saturated rings. The predicted molar refractivity (Wildman–Crippen MR) is 60.7 cm³/mol. The zero-order valence-corrected chi connectivity index (χ0v) is 10.1. The second kappa shape index (κ2) is 4.02. The van der Waals surface area contributed by atoms with Crippen LogP contribution in [0.4, 0.5) is 0 Å². The van der Waals surface area contributed by atoms with Gasteiger partial charge in [0.1, 0.15) is 0 Å². The lowest BCUT2D eigenvalue weighted by Crippen LogP contribution is -2.13. The lowest BCUT2D eigenvalue weighted by molar-refractivity contribution is 0.485. The molecular formula is C9H12N6OS. The van der Waals surface area contributed by atoms with Gasteiger partial charge in [-0.3, -0.25) is 0 Å². The van der Waals surface area contributed by atoms with E-state index in [0.29, 0.717) is 28.6 Å². The first kappa shape index (κ1) is 10.6. The van der Waals surface area contributed by atoms with Crippen LogP contribution in [0.5, 0.6) is 0 Å². The van der Waals surface area contributed by atoms with Gasteiger partial charge in [0.25, 0.3) is 0 Å². The number of nitrogens with two attached hydrogens (primary N) is 1. The SMILES string of the molecule is Cc1nnc(CSc2nnc(C3CC3)n2N)o1. The first-order valence-corrected chi connectivity index (χ1v) is 6.35. The van der Waals surface area contributed by atoms with Crippen LogP contribution in [0, 0.1) is 6.92 Å². The first-order chi connectivity index (χ1) is 8.24. The summed E-state index contributed by atoms with van der Waals surface area (Å²) in [6, 6.07) is 0. The smallest absolute Gasteiger partial charge is 0.226 e. The molecule has 0 aromatic carbocycles. The topological polar surface area (TPSA) is 95.7 Å². The van der Waals surface area contributed by atoms with Crippen molar-refractivity contribution in [3.8, 4) is 0 Å². The zero-order valence-electron chi connectivity index (χ0n) is 9.33. The number of rotatable bonds is 4. The molecule has 2 heterocycles. The molecule has 0 radical (unpaired) electrons. The summed E-state index contributed by atoms with van der Waals surface area (Å²) < 4.78 is 6.83. The van der Waals surface area contributed by atoms with Gasteiger partial charge in [-0.2, -0.15) is 0 Å². The van der Waals surface area contributed by atoms with Crippen LogP contribution in [0.2, 0.25) is 0 Å². The highest BCUT2D eigenvalue weighted by Gasteiger charge is 2.29. The average Bonchev–Trinajstić information content (AvgIpc) is 2.97. The molecule has 1 saturated carbocycles. The summed E-state index contributed by atoms with van der Waals surface area (Å²) in [5, 5.41) is 16.5. The van der Waals surface area contributed by atoms with Crippen LogP contribution in [0.15, 0.2) is 9.57 Å². The maximum absolute atomic E-state index is 5.92. The molecule has 90 valence electrons. The van der Waals surface area contributed by atoms with Gasteiger partial charge in [-0.1, -0.05) is 11.8 Å². The van der Waals surface area contributed by atoms with Crippen molar-refractivity contribution in [2.75, 3.05) is 5.84 Å². The molecule has 2 aromatic heterocycles. The van der Waals surface area contributed by atoms with Crippen molar-refractivity contribution >= 4 is 11.8 Å². The molecule has 1 aliphatic carbocycles. The van der Waals surface area contributed by atoms with Crippen molar-refractivity contribution in [1.29, 1.82) is 0 Å². The number of nitrogen functional groups attached to an aromatic ring is 1. The van der Waals surface area contributed by atoms with Crippen LogP contribution in [0.25, 0.3) is 0 Å². The van der Waals surface area contributed by atoms with E-state index in [2.05, 4.69) is 20.4 Å². The Labute approximate surface area is 102 Å². The molecule has 0 aliphatic heterocycles. The molecule has 2 aromatic rings. The highest BCUT2D eigenvalue weighted by Crippen LogP contribution is 2.39. The van der Waals surface area contributed by atoms with Crippen LogP contribution < -0.4 is 5.84 Å². The lowest BCUT2D eigenvalue weighted by Gasteiger charge is -2.00. The van der Waals surface area contributed by atoms with Crippen molar-refractivity contribution in [2.24, 2.45) is 0 Å². The van der Waals surface area contributed by atoms with Crippen LogP contribution in [0.3, 0.4) is 0 Å². The second-order valence-electron chi connectivity index (χ2n) is 3.99. The molecule has 1 aliphatic rings. The van der Waals surface area contributed by atoms with E-state index in [1.54, 1.807) is 11.6 Å². The van der Waals surface area contributed by atoms with Gasteiger partial charge in [0.2, 0.25) is 16.9 Å². The van der Waals surface area contributed by atoms with E-state index in [0.717, 1.165) is 18.7 Å². The van der Waals surface area contributed by atoms with E-state index in [1.165, 1.54) is 11.8 Å². The number of thioether (sulfide) groups is 1. The van der Waals surface area contributed by atoms with Crippen LogP contribution in [-0.2, 0) is 5.75 Å². The largest absolute Gasteiger partial charge is 0.425 e. The summed E-state index contributed by atoms with van der Waals surface area (Å²) in [6.45, 7) is 1.76. The summed E-state index contributed by atoms with van der Waals surface area (Å²) in [7, 11) is 0. The zero-order chi connectivity index (χ0) is 11.8. The van der Waals surface area contributed by atoms with Gasteiger partial charge >= 0.3 is 0 Å². The number of aromatic nitrogens is 5. The number of aryl methyl sites for hydroxylation is 1. The third kappa shape index (κ3) is 2.12. The maximum atomic E-state index is 5.92. The summed E-state index contributed by atoms with van der Waals surface area (Å²) in [4.78, 5) is 0. The van der Waals surface area contributed by atoms with Crippen molar-refractivity contribution in [3.05, 3.63) is 17.6 Å². The Kier molecular flexibility index (Phi) is 2.50. The fraction of sp³-hybridized carbons (Fsp3) is 0.556. The van der Waals surface area contributed by atoms with E-state index >= 15 is 0 Å². The first-order valence-electron chi connectivity index (χ1n) is 5.36. The van der Waals surface area contributed by atoms with Gasteiger partial charge in [0.15, 0.2) is 5.82 Å². The summed E-state index contributed by atoms with van der Waals surface area (Å²) >= 11 is 1.45. The fourth-order valence-corrected chi connectivity index (χ4v) is 2.23. The molecule has 0 unspecified atom stereocenters. The van der Waals surface area contributed by atoms with Gasteiger partial charge < -0.3 is 10.3 Å². The molecule has 8 heteroatoms. The Hall–Kier alpha value is -1.57. The number of hydrogen-bond acceptors (Lipinski definition) is 7. The standard InChI is InChI=1S/C9H12N6OS/c1-5-11-12-7(16-5)4-17-9-14-13-8(15(9)10)6-2-3-6/h6H,2-4,10H2,1H3. The highest BCUT2D eigenvalue weighted by molar-refractivity contribution is 7.98. The quantitative estimate of drug-likeness (QED) is 0.636. The molecule has 3 rings (SSSR count). The molecule has 17 heavy (non-hydrogen) atoms. The third-order valence-electron chi connectivity index (χ3n) is 2.53. The minimum Gasteiger partial charge on any atom is -0.425 e. The van der Waals surface area contributed by atoms with Crippen molar-refractivity contribution < 1.29 is 4.42 Å². The fourth-order valence-electron chi connectivity index (χ4n) is 1.53. The normalized spacial score (nSPS) is 15.4. The van der Waals surface area contributed by atoms with E-state index in [9.17, 15) is 0 Å². The van der Waals surface area contributed by atoms with E-state index < -0.39 is 0 Å². The van der Waals surface area contributed by atoms with Crippen LogP contribution in [0.1, 0.15) is 36.4 Å². The predicted octanol–water partition coefficient (Wildman–Crippen LogP) is 0.853. The van der Waals surface area contributed by atoms with Crippen molar-refractivity contribution in [2.45, 2.75) is 36.6 Å². The van der Waals surface area contributed by atoms with Crippen molar-refractivity contribution in [1.82, 2.24) is 25.1 Å². The Balaban J connectivity index is 1.68. The monoisotopic (exact) mass is 252 g/mol. The average molecular weight is 252 g/mol. The molecular weight excluding hydrogens is 240 g/mol. The maximum Gasteiger partial charge on any atom is 0.226 e. The summed E-state index contributed by atoms with van der Waals surface area (Å²) in [5.74, 6) is 8.97. The van der Waals surface area contributed by atoms with Gasteiger partial charge in [0, 0.05) is 12.8 Å². The minimum absolute atomic E-state index is 0.493. The summed E-state index contributed by atoms with van der Waals surface area (Å²) in [5.41, 5.74) is 0. The molecule has 7 nitrogen and oxygen atoms in total. The van der Waals surface area contributed by atoms with E-state index in [1.807, 2.05) is 0 Å². The molecule has 0 saturated heterocycles. The Bertz CT molecular complexity index is 531. The molecule has 0 spiro atoms. The van der Waals surface area contributed by atoms with Gasteiger partial charge in [-0.25, -0.2) is 4.68 Å². The second-order valence-corrected chi connectivity index (χ2v) is 4.93. The van der Waals surface area contributed by atoms with Crippen molar-refractivity contribution in [3.63, 3.8) is 0 Å². The van der Waals surface area contributed by atoms with E-state index in [-0.39, 0.29) is 0 Å². The van der Waals surface area contributed by atoms with Crippen LogP contribution in [-0.4, -0.2) is 25.1 Å². The highest BCUT2D eigenvalue weighted by atomic mass is 32.2. The van der Waals surface area contributed by atoms with Gasteiger partial charge in [0.05, 0.1) is 5.75 Å². The molecule has 2 N–H and O–H groups in total. The minimum atomic E-state index is 0.493. The van der Waals surface area contributed by atoms with Gasteiger partial charge in [-0.05, 0) is 12.8 Å². The number of nitrogens with zero attached hydrogens (tertiary/aromatic N) is 5. The van der Waals surface area contributed by atoms with Crippen LogP contribution >= 0.6 is 11.8 Å².